The number of rotatable bonds is 1. The van der Waals surface area contributed by atoms with Crippen molar-refractivity contribution in [2.45, 2.75) is 0 Å². The maximum atomic E-state index is 12.2. The van der Waals surface area contributed by atoms with Gasteiger partial charge in [0.25, 0.3) is 5.91 Å². The molecule has 0 fully saturated rings. The fraction of sp³-hybridized carbons (Fsp3) is 0. The highest BCUT2D eigenvalue weighted by Gasteiger charge is 2.23. The fourth-order valence-corrected chi connectivity index (χ4v) is 2.80. The SMILES string of the molecule is O=C1Nc2ccccc2/C1=C/c1ccc2cccccc1-2. The molecular weight excluding hydrogens is 258 g/mol. The summed E-state index contributed by atoms with van der Waals surface area (Å²) in [6.07, 6.45) is 1.98. The summed E-state index contributed by atoms with van der Waals surface area (Å²) in [4.78, 5) is 12.2. The number of amides is 1. The Hall–Kier alpha value is -2.87. The van der Waals surface area contributed by atoms with Crippen LogP contribution in [0.5, 0.6) is 0 Å². The largest absolute Gasteiger partial charge is 0.321 e. The van der Waals surface area contributed by atoms with E-state index in [1.54, 1.807) is 0 Å². The third-order valence-electron chi connectivity index (χ3n) is 3.84. The molecule has 1 aromatic rings. The van der Waals surface area contributed by atoms with E-state index >= 15 is 0 Å². The van der Waals surface area contributed by atoms with E-state index in [2.05, 4.69) is 29.6 Å². The number of anilines is 1. The van der Waals surface area contributed by atoms with Crippen LogP contribution >= 0.6 is 0 Å². The molecule has 1 aromatic carbocycles. The normalized spacial score (nSPS) is 15.2. The van der Waals surface area contributed by atoms with Crippen molar-refractivity contribution in [3.63, 3.8) is 0 Å². The lowest BCUT2D eigenvalue weighted by Crippen LogP contribution is -2.03. The molecule has 0 radical (unpaired) electrons. The number of hydrogen-bond acceptors (Lipinski definition) is 1. The highest BCUT2D eigenvalue weighted by molar-refractivity contribution is 6.35. The van der Waals surface area contributed by atoms with Crippen LogP contribution in [-0.2, 0) is 4.79 Å². The summed E-state index contributed by atoms with van der Waals surface area (Å²) in [6, 6.07) is 22.2. The van der Waals surface area contributed by atoms with Crippen molar-refractivity contribution in [1.82, 2.24) is 0 Å². The van der Waals surface area contributed by atoms with Gasteiger partial charge in [-0.15, -0.1) is 0 Å². The van der Waals surface area contributed by atoms with Gasteiger partial charge in [-0.1, -0.05) is 60.7 Å². The predicted molar refractivity (Wildman–Crippen MR) is 86.0 cm³/mol. The maximum absolute atomic E-state index is 12.2. The quantitative estimate of drug-likeness (QED) is 0.657. The molecule has 0 aromatic heterocycles. The molecule has 0 spiro atoms. The second-order valence-electron chi connectivity index (χ2n) is 5.13. The molecule has 0 atom stereocenters. The first kappa shape index (κ1) is 11.9. The van der Waals surface area contributed by atoms with Crippen molar-refractivity contribution in [1.29, 1.82) is 0 Å². The molecule has 2 nitrogen and oxygen atoms in total. The minimum atomic E-state index is -0.0362. The van der Waals surface area contributed by atoms with E-state index in [1.807, 2.05) is 48.5 Å². The second-order valence-corrected chi connectivity index (χ2v) is 5.13. The fourth-order valence-electron chi connectivity index (χ4n) is 2.80. The molecule has 1 heterocycles. The topological polar surface area (TPSA) is 29.1 Å². The van der Waals surface area contributed by atoms with Crippen molar-refractivity contribution in [3.8, 4) is 11.1 Å². The molecule has 2 aliphatic carbocycles. The first-order valence-electron chi connectivity index (χ1n) is 6.93. The highest BCUT2D eigenvalue weighted by Crippen LogP contribution is 2.35. The van der Waals surface area contributed by atoms with Gasteiger partial charge in [0.1, 0.15) is 0 Å². The van der Waals surface area contributed by atoms with Gasteiger partial charge in [-0.05, 0) is 28.8 Å². The molecule has 21 heavy (non-hydrogen) atoms. The number of para-hydroxylation sites is 1. The lowest BCUT2D eigenvalue weighted by Gasteiger charge is -1.99. The Bertz CT molecular complexity index is 848. The van der Waals surface area contributed by atoms with Crippen molar-refractivity contribution < 1.29 is 4.79 Å². The third-order valence-corrected chi connectivity index (χ3v) is 3.84. The number of fused-ring (bicyclic) bond motifs is 2. The lowest BCUT2D eigenvalue weighted by atomic mass is 10.0. The van der Waals surface area contributed by atoms with Crippen LogP contribution < -0.4 is 5.32 Å². The van der Waals surface area contributed by atoms with Crippen molar-refractivity contribution in [2.24, 2.45) is 0 Å². The van der Waals surface area contributed by atoms with Crippen LogP contribution in [0.3, 0.4) is 0 Å². The number of carbonyl (C=O) groups excluding carboxylic acids is 1. The van der Waals surface area contributed by atoms with Crippen molar-refractivity contribution in [2.75, 3.05) is 5.32 Å². The average molecular weight is 271 g/mol. The summed E-state index contributed by atoms with van der Waals surface area (Å²) in [5, 5.41) is 2.91. The standard InChI is InChI=1S/C19H13NO/c21-19-17(16-8-4-5-9-18(16)20-19)12-14-11-10-13-6-2-1-3-7-15(13)14/h1-12H,(H,20,21)/b17-12-. The van der Waals surface area contributed by atoms with Gasteiger partial charge in [0.15, 0.2) is 0 Å². The molecule has 0 saturated carbocycles. The van der Waals surface area contributed by atoms with Gasteiger partial charge in [-0.2, -0.15) is 0 Å². The van der Waals surface area contributed by atoms with Gasteiger partial charge < -0.3 is 5.32 Å². The van der Waals surface area contributed by atoms with Gasteiger partial charge in [0.05, 0.1) is 0 Å². The number of nitrogens with one attached hydrogen (secondary N) is 1. The average Bonchev–Trinajstić information content (AvgIpc) is 2.91. The smallest absolute Gasteiger partial charge is 0.256 e. The Kier molecular flexibility index (Phi) is 2.61. The van der Waals surface area contributed by atoms with Gasteiger partial charge in [0, 0.05) is 16.8 Å². The number of benzene rings is 1. The Morgan fingerprint density at radius 1 is 0.762 bits per heavy atom. The zero-order valence-electron chi connectivity index (χ0n) is 11.3. The van der Waals surface area contributed by atoms with E-state index in [1.165, 1.54) is 5.56 Å². The minimum absolute atomic E-state index is 0.0362. The van der Waals surface area contributed by atoms with Crippen LogP contribution in [0, 0.1) is 0 Å². The Morgan fingerprint density at radius 3 is 2.48 bits per heavy atom. The first-order chi connectivity index (χ1) is 10.3. The van der Waals surface area contributed by atoms with Crippen LogP contribution in [0.15, 0.2) is 66.7 Å². The zero-order chi connectivity index (χ0) is 14.2. The summed E-state index contributed by atoms with van der Waals surface area (Å²) in [6.45, 7) is 0. The molecule has 1 aliphatic heterocycles. The highest BCUT2D eigenvalue weighted by atomic mass is 16.2. The first-order valence-corrected chi connectivity index (χ1v) is 6.93. The molecule has 3 aliphatic rings. The van der Waals surface area contributed by atoms with E-state index < -0.39 is 0 Å². The third kappa shape index (κ3) is 1.93. The molecule has 1 N–H and O–H groups in total. The summed E-state index contributed by atoms with van der Waals surface area (Å²) in [5.41, 5.74) is 5.99. The van der Waals surface area contributed by atoms with E-state index in [-0.39, 0.29) is 5.91 Å². The molecule has 4 rings (SSSR count). The molecule has 0 unspecified atom stereocenters. The summed E-state index contributed by atoms with van der Waals surface area (Å²) < 4.78 is 0. The second kappa shape index (κ2) is 4.60. The Morgan fingerprint density at radius 2 is 1.52 bits per heavy atom. The molecule has 1 amide bonds. The van der Waals surface area contributed by atoms with Crippen LogP contribution in [0.2, 0.25) is 0 Å². The number of carbonyl (C=O) groups is 1. The number of hydrogen-bond donors (Lipinski definition) is 1. The monoisotopic (exact) mass is 271 g/mol. The van der Waals surface area contributed by atoms with Gasteiger partial charge in [-0.25, -0.2) is 0 Å². The Labute approximate surface area is 123 Å². The van der Waals surface area contributed by atoms with E-state index in [4.69, 9.17) is 0 Å². The summed E-state index contributed by atoms with van der Waals surface area (Å²) >= 11 is 0. The van der Waals surface area contributed by atoms with Gasteiger partial charge >= 0.3 is 0 Å². The predicted octanol–water partition coefficient (Wildman–Crippen LogP) is 4.28. The van der Waals surface area contributed by atoms with Crippen LogP contribution in [0.25, 0.3) is 22.8 Å². The van der Waals surface area contributed by atoms with E-state index in [0.29, 0.717) is 0 Å². The zero-order valence-corrected chi connectivity index (χ0v) is 11.3. The summed E-state index contributed by atoms with van der Waals surface area (Å²) in [7, 11) is 0. The molecule has 100 valence electrons. The Balaban J connectivity index is 1.87. The molecular formula is C19H13NO. The van der Waals surface area contributed by atoms with Crippen LogP contribution in [0.1, 0.15) is 11.1 Å². The summed E-state index contributed by atoms with van der Waals surface area (Å²) in [5.74, 6) is -0.0362. The lowest BCUT2D eigenvalue weighted by molar-refractivity contribution is -0.110. The molecule has 2 heteroatoms. The van der Waals surface area contributed by atoms with E-state index in [0.717, 1.165) is 28.0 Å². The van der Waals surface area contributed by atoms with Crippen molar-refractivity contribution >= 4 is 23.2 Å². The molecule has 0 bridgehead atoms. The van der Waals surface area contributed by atoms with Crippen LogP contribution in [0.4, 0.5) is 5.69 Å². The van der Waals surface area contributed by atoms with Gasteiger partial charge in [-0.3, -0.25) is 4.79 Å². The maximum Gasteiger partial charge on any atom is 0.256 e. The van der Waals surface area contributed by atoms with E-state index in [9.17, 15) is 4.79 Å². The van der Waals surface area contributed by atoms with Crippen molar-refractivity contribution in [3.05, 3.63) is 77.9 Å². The van der Waals surface area contributed by atoms with Gasteiger partial charge in [0.2, 0.25) is 0 Å². The molecule has 0 saturated heterocycles. The van der Waals surface area contributed by atoms with Crippen LogP contribution in [-0.4, -0.2) is 5.91 Å². The minimum Gasteiger partial charge on any atom is -0.321 e.